The van der Waals surface area contributed by atoms with E-state index >= 15 is 0 Å². The largest absolute Gasteiger partial charge is 0.409 e. The van der Waals surface area contributed by atoms with Crippen molar-refractivity contribution < 1.29 is 5.21 Å². The Bertz CT molecular complexity index is 462. The summed E-state index contributed by atoms with van der Waals surface area (Å²) in [5.41, 5.74) is 7.40. The molecular weight excluding hydrogens is 242 g/mol. The maximum Gasteiger partial charge on any atom is 0.172 e. The molecule has 1 fully saturated rings. The van der Waals surface area contributed by atoms with Crippen molar-refractivity contribution in [3.8, 4) is 0 Å². The fraction of sp³-hybridized carbons (Fsp3) is 0.538. The van der Waals surface area contributed by atoms with Gasteiger partial charge in [0, 0.05) is 37.4 Å². The number of piperazine rings is 1. The Morgan fingerprint density at radius 1 is 1.58 bits per heavy atom. The van der Waals surface area contributed by atoms with Crippen molar-refractivity contribution in [1.82, 2.24) is 9.88 Å². The molecule has 0 spiro atoms. The molecule has 0 aromatic carbocycles. The number of hydrogen-bond donors (Lipinski definition) is 2. The Morgan fingerprint density at radius 2 is 2.37 bits per heavy atom. The zero-order valence-electron chi connectivity index (χ0n) is 11.5. The molecular formula is C13H21N5O. The first-order valence-electron chi connectivity index (χ1n) is 6.54. The van der Waals surface area contributed by atoms with Gasteiger partial charge in [0.1, 0.15) is 0 Å². The third-order valence-corrected chi connectivity index (χ3v) is 3.77. The van der Waals surface area contributed by atoms with Gasteiger partial charge in [0.25, 0.3) is 0 Å². The van der Waals surface area contributed by atoms with E-state index in [2.05, 4.69) is 33.9 Å². The summed E-state index contributed by atoms with van der Waals surface area (Å²) >= 11 is 0. The molecule has 104 valence electrons. The summed E-state index contributed by atoms with van der Waals surface area (Å²) in [6, 6.07) is 2.30. The first kappa shape index (κ1) is 13.6. The number of pyridine rings is 1. The normalized spacial score (nSPS) is 21.7. The molecule has 2 heterocycles. The molecule has 0 radical (unpaired) electrons. The van der Waals surface area contributed by atoms with E-state index in [1.807, 2.05) is 0 Å². The molecule has 0 aliphatic carbocycles. The van der Waals surface area contributed by atoms with E-state index in [0.29, 0.717) is 6.04 Å². The maximum atomic E-state index is 8.87. The zero-order valence-corrected chi connectivity index (χ0v) is 11.5. The van der Waals surface area contributed by atoms with Gasteiger partial charge >= 0.3 is 0 Å². The average molecular weight is 263 g/mol. The van der Waals surface area contributed by atoms with Crippen molar-refractivity contribution in [2.75, 3.05) is 31.6 Å². The van der Waals surface area contributed by atoms with Crippen LogP contribution in [0.25, 0.3) is 0 Å². The summed E-state index contributed by atoms with van der Waals surface area (Å²) < 4.78 is 0. The zero-order chi connectivity index (χ0) is 13.8. The second kappa shape index (κ2) is 5.88. The number of aromatic nitrogens is 1. The lowest BCUT2D eigenvalue weighted by Gasteiger charge is -2.40. The van der Waals surface area contributed by atoms with Crippen LogP contribution in [-0.2, 0) is 0 Å². The number of nitrogens with zero attached hydrogens (tertiary/aromatic N) is 4. The van der Waals surface area contributed by atoms with Crippen LogP contribution in [0.4, 0.5) is 5.69 Å². The first-order chi connectivity index (χ1) is 9.17. The summed E-state index contributed by atoms with van der Waals surface area (Å²) in [7, 11) is 2.15. The molecule has 1 aliphatic heterocycles. The topological polar surface area (TPSA) is 78.0 Å². The minimum Gasteiger partial charge on any atom is -0.409 e. The fourth-order valence-corrected chi connectivity index (χ4v) is 2.51. The molecule has 1 unspecified atom stereocenters. The maximum absolute atomic E-state index is 8.87. The number of amidine groups is 1. The van der Waals surface area contributed by atoms with Crippen molar-refractivity contribution in [3.05, 3.63) is 24.0 Å². The van der Waals surface area contributed by atoms with E-state index in [1.54, 1.807) is 18.5 Å². The summed E-state index contributed by atoms with van der Waals surface area (Å²) in [5, 5.41) is 12.0. The average Bonchev–Trinajstić information content (AvgIpc) is 2.47. The molecule has 6 heteroatoms. The van der Waals surface area contributed by atoms with Crippen molar-refractivity contribution in [2.24, 2.45) is 10.9 Å². The Kier molecular flexibility index (Phi) is 4.21. The Hall–Kier alpha value is -1.82. The molecule has 0 bridgehead atoms. The van der Waals surface area contributed by atoms with Gasteiger partial charge in [-0.15, -0.1) is 0 Å². The van der Waals surface area contributed by atoms with Crippen LogP contribution >= 0.6 is 0 Å². The number of rotatable bonds is 3. The van der Waals surface area contributed by atoms with Gasteiger partial charge in [0.2, 0.25) is 0 Å². The van der Waals surface area contributed by atoms with Gasteiger partial charge in [0.05, 0.1) is 11.9 Å². The van der Waals surface area contributed by atoms with E-state index in [4.69, 9.17) is 10.9 Å². The quantitative estimate of drug-likeness (QED) is 0.363. The number of nitrogens with two attached hydrogens (primary N) is 1. The van der Waals surface area contributed by atoms with Crippen molar-refractivity contribution in [1.29, 1.82) is 0 Å². The molecule has 1 atom stereocenters. The highest BCUT2D eigenvalue weighted by atomic mass is 16.4. The predicted octanol–water partition coefficient (Wildman–Crippen LogP) is 0.707. The Labute approximate surface area is 113 Å². The van der Waals surface area contributed by atoms with Gasteiger partial charge in [0.15, 0.2) is 5.84 Å². The van der Waals surface area contributed by atoms with E-state index in [-0.39, 0.29) is 5.84 Å². The minimum atomic E-state index is 0.129. The van der Waals surface area contributed by atoms with Crippen molar-refractivity contribution in [2.45, 2.75) is 19.4 Å². The molecule has 1 aliphatic rings. The molecule has 2 rings (SSSR count). The highest BCUT2D eigenvalue weighted by Gasteiger charge is 2.25. The van der Waals surface area contributed by atoms with Gasteiger partial charge in [-0.3, -0.25) is 9.88 Å². The SMILES string of the molecule is CCC1CN(c2cnccc2/C(N)=N/O)CCN1C. The van der Waals surface area contributed by atoms with Gasteiger partial charge < -0.3 is 15.8 Å². The van der Waals surface area contributed by atoms with Crippen LogP contribution in [0.15, 0.2) is 23.6 Å². The lowest BCUT2D eigenvalue weighted by Crippen LogP contribution is -2.51. The lowest BCUT2D eigenvalue weighted by molar-refractivity contribution is 0.213. The molecule has 1 saturated heterocycles. The number of likely N-dealkylation sites (N-methyl/N-ethyl adjacent to an activating group) is 1. The molecule has 0 amide bonds. The third-order valence-electron chi connectivity index (χ3n) is 3.77. The molecule has 19 heavy (non-hydrogen) atoms. The Balaban J connectivity index is 2.27. The van der Waals surface area contributed by atoms with Gasteiger partial charge in [-0.1, -0.05) is 12.1 Å². The minimum absolute atomic E-state index is 0.129. The lowest BCUT2D eigenvalue weighted by atomic mass is 10.1. The molecule has 1 aromatic heterocycles. The van der Waals surface area contributed by atoms with Crippen LogP contribution in [0.5, 0.6) is 0 Å². The van der Waals surface area contributed by atoms with Crippen LogP contribution in [0, 0.1) is 0 Å². The number of anilines is 1. The predicted molar refractivity (Wildman–Crippen MR) is 75.7 cm³/mol. The van der Waals surface area contributed by atoms with E-state index in [1.165, 1.54) is 0 Å². The van der Waals surface area contributed by atoms with E-state index in [0.717, 1.165) is 37.3 Å². The summed E-state index contributed by atoms with van der Waals surface area (Å²) in [4.78, 5) is 8.79. The smallest absolute Gasteiger partial charge is 0.172 e. The monoisotopic (exact) mass is 263 g/mol. The van der Waals surface area contributed by atoms with Gasteiger partial charge in [-0.05, 0) is 19.5 Å². The fourth-order valence-electron chi connectivity index (χ4n) is 2.51. The molecule has 1 aromatic rings. The van der Waals surface area contributed by atoms with Crippen LogP contribution in [0.2, 0.25) is 0 Å². The molecule has 3 N–H and O–H groups in total. The summed E-state index contributed by atoms with van der Waals surface area (Å²) in [6.45, 7) is 5.05. The standard InChI is InChI=1S/C13H21N5O/c1-3-10-9-18(7-6-17(10)2)12-8-15-5-4-11(12)13(14)16-19/h4-5,8,10,19H,3,6-7,9H2,1-2H3,(H2,14,16). The molecule has 0 saturated carbocycles. The van der Waals surface area contributed by atoms with Crippen molar-refractivity contribution >= 4 is 11.5 Å². The second-order valence-corrected chi connectivity index (χ2v) is 4.87. The van der Waals surface area contributed by atoms with E-state index in [9.17, 15) is 0 Å². The van der Waals surface area contributed by atoms with Crippen LogP contribution in [0.1, 0.15) is 18.9 Å². The summed E-state index contributed by atoms with van der Waals surface area (Å²) in [5.74, 6) is 0.129. The van der Waals surface area contributed by atoms with Crippen molar-refractivity contribution in [3.63, 3.8) is 0 Å². The third kappa shape index (κ3) is 2.78. The van der Waals surface area contributed by atoms with Crippen LogP contribution < -0.4 is 10.6 Å². The van der Waals surface area contributed by atoms with Crippen LogP contribution in [0.3, 0.4) is 0 Å². The Morgan fingerprint density at radius 3 is 3.05 bits per heavy atom. The highest BCUT2D eigenvalue weighted by molar-refractivity contribution is 6.02. The highest BCUT2D eigenvalue weighted by Crippen LogP contribution is 2.22. The van der Waals surface area contributed by atoms with E-state index < -0.39 is 0 Å². The van der Waals surface area contributed by atoms with Gasteiger partial charge in [-0.2, -0.15) is 0 Å². The van der Waals surface area contributed by atoms with Crippen LogP contribution in [-0.4, -0.2) is 53.7 Å². The second-order valence-electron chi connectivity index (χ2n) is 4.87. The first-order valence-corrected chi connectivity index (χ1v) is 6.54. The van der Waals surface area contributed by atoms with Gasteiger partial charge in [-0.25, -0.2) is 0 Å². The number of oxime groups is 1. The number of hydrogen-bond acceptors (Lipinski definition) is 5. The molecule has 6 nitrogen and oxygen atoms in total. The summed E-state index contributed by atoms with van der Waals surface area (Å²) in [6.07, 6.45) is 4.54.